The van der Waals surface area contributed by atoms with Gasteiger partial charge in [0.1, 0.15) is 13.1 Å². The van der Waals surface area contributed by atoms with Gasteiger partial charge in [-0.25, -0.2) is 0 Å². The summed E-state index contributed by atoms with van der Waals surface area (Å²) in [5.74, 6) is 1.69. The Balaban J connectivity index is 1.45. The Bertz CT molecular complexity index is 758. The van der Waals surface area contributed by atoms with Crippen LogP contribution in [0.3, 0.4) is 0 Å². The van der Waals surface area contributed by atoms with Gasteiger partial charge in [-0.1, -0.05) is 6.07 Å². The number of thiophene rings is 1. The van der Waals surface area contributed by atoms with Gasteiger partial charge in [-0.15, -0.1) is 11.3 Å². The Morgan fingerprint density at radius 2 is 1.93 bits per heavy atom. The Hall–Kier alpha value is -2.09. The number of quaternary nitrogens is 2. The molecule has 1 aromatic heterocycles. The van der Waals surface area contributed by atoms with E-state index >= 15 is 0 Å². The van der Waals surface area contributed by atoms with Gasteiger partial charge in [-0.05, 0) is 29.6 Å². The van der Waals surface area contributed by atoms with E-state index in [1.807, 2.05) is 34.4 Å². The van der Waals surface area contributed by atoms with Crippen LogP contribution in [0.5, 0.6) is 11.5 Å². The molecule has 2 N–H and O–H groups in total. The second-order valence-corrected chi connectivity index (χ2v) is 8.42. The minimum atomic E-state index is 0.244. The predicted molar refractivity (Wildman–Crippen MR) is 110 cm³/mol. The summed E-state index contributed by atoms with van der Waals surface area (Å²) in [6, 6.07) is 10.2. The fourth-order valence-corrected chi connectivity index (χ4v) is 4.46. The zero-order valence-corrected chi connectivity index (χ0v) is 17.8. The van der Waals surface area contributed by atoms with Gasteiger partial charge < -0.3 is 24.2 Å². The zero-order chi connectivity index (χ0) is 19.9. The average Bonchev–Trinajstić information content (AvgIpc) is 3.21. The van der Waals surface area contributed by atoms with Gasteiger partial charge in [0.25, 0.3) is 5.91 Å². The second kappa shape index (κ2) is 9.91. The molecular weight excluding hydrogens is 374 g/mol. The van der Waals surface area contributed by atoms with Crippen molar-refractivity contribution in [1.82, 2.24) is 4.90 Å². The monoisotopic (exact) mass is 405 g/mol. The first-order valence-corrected chi connectivity index (χ1v) is 10.6. The number of methoxy groups -OCH3 is 2. The van der Waals surface area contributed by atoms with Crippen molar-refractivity contribution in [2.75, 3.05) is 54.0 Å². The number of carbonyl (C=O) groups excluding carboxylic acids is 1. The van der Waals surface area contributed by atoms with Gasteiger partial charge in [-0.2, -0.15) is 0 Å². The largest absolute Gasteiger partial charge is 0.493 e. The molecule has 1 saturated heterocycles. The van der Waals surface area contributed by atoms with Crippen LogP contribution < -0.4 is 19.3 Å². The van der Waals surface area contributed by atoms with Crippen molar-refractivity contribution in [3.05, 3.63) is 46.2 Å². The van der Waals surface area contributed by atoms with Crippen molar-refractivity contribution in [3.63, 3.8) is 0 Å². The van der Waals surface area contributed by atoms with Crippen LogP contribution in [0.25, 0.3) is 0 Å². The summed E-state index contributed by atoms with van der Waals surface area (Å²) in [6.07, 6.45) is 0. The molecule has 28 heavy (non-hydrogen) atoms. The van der Waals surface area contributed by atoms with Gasteiger partial charge in [0, 0.05) is 5.56 Å². The lowest BCUT2D eigenvalue weighted by atomic mass is 10.2. The van der Waals surface area contributed by atoms with Gasteiger partial charge in [0.2, 0.25) is 0 Å². The van der Waals surface area contributed by atoms with E-state index in [2.05, 4.69) is 24.6 Å². The number of rotatable bonds is 8. The van der Waals surface area contributed by atoms with Crippen LogP contribution in [0.4, 0.5) is 0 Å². The Morgan fingerprint density at radius 1 is 1.18 bits per heavy atom. The number of hydrogen-bond donors (Lipinski definition) is 2. The molecule has 0 spiro atoms. The molecule has 0 radical (unpaired) electrons. The van der Waals surface area contributed by atoms with Crippen LogP contribution in [0, 0.1) is 0 Å². The first kappa shape index (κ1) is 20.6. The summed E-state index contributed by atoms with van der Waals surface area (Å²) >= 11 is 1.82. The van der Waals surface area contributed by atoms with Crippen LogP contribution in [0.2, 0.25) is 0 Å². The van der Waals surface area contributed by atoms with E-state index in [4.69, 9.17) is 9.47 Å². The first-order valence-electron chi connectivity index (χ1n) is 9.75. The van der Waals surface area contributed by atoms with E-state index in [-0.39, 0.29) is 5.91 Å². The molecule has 6 nitrogen and oxygen atoms in total. The standard InChI is InChI=1S/C21H29N3O3S/c1-22(14-17-6-7-19(26-2)20(13-17)27-3)16-21(25)24-10-8-23(9-11-24)15-18-5-4-12-28-18/h4-7,12-13H,8-11,14-16H2,1-3H3/p+2. The molecule has 1 atom stereocenters. The molecule has 3 rings (SSSR count). The van der Waals surface area contributed by atoms with Crippen molar-refractivity contribution in [1.29, 1.82) is 0 Å². The van der Waals surface area contributed by atoms with E-state index in [0.717, 1.165) is 56.3 Å². The van der Waals surface area contributed by atoms with Gasteiger partial charge >= 0.3 is 0 Å². The highest BCUT2D eigenvalue weighted by Crippen LogP contribution is 2.27. The van der Waals surface area contributed by atoms with Crippen LogP contribution in [-0.4, -0.2) is 64.8 Å². The minimum Gasteiger partial charge on any atom is -0.493 e. The predicted octanol–water partition coefficient (Wildman–Crippen LogP) is -0.293. The number of ether oxygens (including phenoxy) is 2. The van der Waals surface area contributed by atoms with Gasteiger partial charge in [-0.3, -0.25) is 4.79 Å². The summed E-state index contributed by atoms with van der Waals surface area (Å²) in [5, 5.41) is 2.13. The molecule has 1 aromatic carbocycles. The topological polar surface area (TPSA) is 47.7 Å². The first-order chi connectivity index (χ1) is 13.6. The van der Waals surface area contributed by atoms with Crippen molar-refractivity contribution in [2.45, 2.75) is 13.1 Å². The lowest BCUT2D eigenvalue weighted by Gasteiger charge is -2.32. The smallest absolute Gasteiger partial charge is 0.278 e. The Kier molecular flexibility index (Phi) is 7.30. The van der Waals surface area contributed by atoms with Gasteiger partial charge in [0.05, 0.1) is 52.3 Å². The second-order valence-electron chi connectivity index (χ2n) is 7.39. The van der Waals surface area contributed by atoms with E-state index in [1.165, 1.54) is 9.78 Å². The van der Waals surface area contributed by atoms with Crippen molar-refractivity contribution in [2.24, 2.45) is 0 Å². The molecule has 152 valence electrons. The summed E-state index contributed by atoms with van der Waals surface area (Å²) < 4.78 is 10.7. The summed E-state index contributed by atoms with van der Waals surface area (Å²) in [6.45, 7) is 6.11. The molecule has 0 bridgehead atoms. The number of amides is 1. The third-order valence-electron chi connectivity index (χ3n) is 5.23. The maximum Gasteiger partial charge on any atom is 0.278 e. The fraction of sp³-hybridized carbons (Fsp3) is 0.476. The SMILES string of the molecule is COc1ccc(C[NH+](C)CC(=O)N2CC[NH+](Cc3cccs3)CC2)cc1OC. The summed E-state index contributed by atoms with van der Waals surface area (Å²) in [7, 11) is 5.34. The molecule has 1 unspecified atom stereocenters. The summed E-state index contributed by atoms with van der Waals surface area (Å²) in [4.78, 5) is 18.9. The molecule has 0 aliphatic carbocycles. The molecule has 1 amide bonds. The number of benzene rings is 1. The lowest BCUT2D eigenvalue weighted by Crippen LogP contribution is -3.14. The third-order valence-corrected chi connectivity index (χ3v) is 6.11. The highest BCUT2D eigenvalue weighted by atomic mass is 32.1. The van der Waals surface area contributed by atoms with E-state index in [9.17, 15) is 4.79 Å². The molecule has 1 aliphatic rings. The number of hydrogen-bond acceptors (Lipinski definition) is 4. The Labute approximate surface area is 171 Å². The summed E-state index contributed by atoms with van der Waals surface area (Å²) in [5.41, 5.74) is 1.13. The molecule has 1 fully saturated rings. The zero-order valence-electron chi connectivity index (χ0n) is 17.0. The highest BCUT2D eigenvalue weighted by molar-refractivity contribution is 7.09. The minimum absolute atomic E-state index is 0.244. The molecule has 0 saturated carbocycles. The Morgan fingerprint density at radius 3 is 2.57 bits per heavy atom. The van der Waals surface area contributed by atoms with E-state index in [1.54, 1.807) is 19.1 Å². The number of piperazine rings is 1. The van der Waals surface area contributed by atoms with E-state index in [0.29, 0.717) is 6.54 Å². The number of nitrogens with one attached hydrogen (secondary N) is 2. The number of likely N-dealkylation sites (N-methyl/N-ethyl adjacent to an activating group) is 1. The van der Waals surface area contributed by atoms with E-state index < -0.39 is 0 Å². The molecule has 2 heterocycles. The maximum atomic E-state index is 12.7. The third kappa shape index (κ3) is 5.47. The van der Waals surface area contributed by atoms with Crippen molar-refractivity contribution in [3.8, 4) is 11.5 Å². The highest BCUT2D eigenvalue weighted by Gasteiger charge is 2.25. The fourth-order valence-electron chi connectivity index (χ4n) is 3.68. The van der Waals surface area contributed by atoms with Crippen LogP contribution in [0.1, 0.15) is 10.4 Å². The maximum absolute atomic E-state index is 12.7. The number of nitrogens with zero attached hydrogens (tertiary/aromatic N) is 1. The normalized spacial score (nSPS) is 16.0. The number of carbonyl (C=O) groups is 1. The van der Waals surface area contributed by atoms with Crippen LogP contribution in [-0.2, 0) is 17.9 Å². The average molecular weight is 406 g/mol. The van der Waals surface area contributed by atoms with Crippen molar-refractivity contribution >= 4 is 17.2 Å². The molecular formula is C21H31N3O3S+2. The quantitative estimate of drug-likeness (QED) is 0.635. The van der Waals surface area contributed by atoms with Crippen LogP contribution >= 0.6 is 11.3 Å². The molecule has 1 aliphatic heterocycles. The molecule has 2 aromatic rings. The van der Waals surface area contributed by atoms with Crippen molar-refractivity contribution < 1.29 is 24.1 Å². The van der Waals surface area contributed by atoms with Crippen LogP contribution in [0.15, 0.2) is 35.7 Å². The lowest BCUT2D eigenvalue weighted by molar-refractivity contribution is -0.917. The molecule has 7 heteroatoms. The van der Waals surface area contributed by atoms with Gasteiger partial charge in [0.15, 0.2) is 18.0 Å².